The molecule has 0 N–H and O–H groups in total. The fraction of sp³-hybridized carbons (Fsp3) is 0.294. The predicted octanol–water partition coefficient (Wildman–Crippen LogP) is 4.06. The molecule has 1 amide bonds. The van der Waals surface area contributed by atoms with Crippen LogP contribution in [-0.2, 0) is 0 Å². The molecule has 1 aromatic heterocycles. The molecule has 22 heavy (non-hydrogen) atoms. The number of amides is 1. The number of pyridine rings is 1. The third-order valence-corrected chi connectivity index (χ3v) is 5.42. The highest BCUT2D eigenvalue weighted by atomic mass is 35.5. The summed E-state index contributed by atoms with van der Waals surface area (Å²) in [6.07, 6.45) is 2.57. The molecule has 2 aromatic rings. The second kappa shape index (κ2) is 7.16. The van der Waals surface area contributed by atoms with Crippen LogP contribution in [0.25, 0.3) is 0 Å². The van der Waals surface area contributed by atoms with E-state index in [4.69, 9.17) is 11.6 Å². The highest BCUT2D eigenvalue weighted by Crippen LogP contribution is 2.37. The number of halogens is 1. The maximum absolute atomic E-state index is 12.5. The summed E-state index contributed by atoms with van der Waals surface area (Å²) < 4.78 is 0. The van der Waals surface area contributed by atoms with Crippen molar-refractivity contribution in [3.05, 3.63) is 64.9 Å². The topological polar surface area (TPSA) is 33.2 Å². The summed E-state index contributed by atoms with van der Waals surface area (Å²) in [5, 5.41) is 1.15. The summed E-state index contributed by atoms with van der Waals surface area (Å²) in [6.45, 7) is 1.49. The van der Waals surface area contributed by atoms with Crippen molar-refractivity contribution in [1.29, 1.82) is 0 Å². The second-order valence-corrected chi connectivity index (χ2v) is 6.89. The Morgan fingerprint density at radius 2 is 2.00 bits per heavy atom. The van der Waals surface area contributed by atoms with Gasteiger partial charge < -0.3 is 4.90 Å². The molecule has 0 aliphatic carbocycles. The van der Waals surface area contributed by atoms with Crippen molar-refractivity contribution in [1.82, 2.24) is 9.88 Å². The van der Waals surface area contributed by atoms with Crippen LogP contribution in [0.1, 0.15) is 27.7 Å². The first-order valence-corrected chi connectivity index (χ1v) is 8.75. The maximum Gasteiger partial charge on any atom is 0.272 e. The molecule has 1 atom stereocenters. The van der Waals surface area contributed by atoms with Crippen molar-refractivity contribution < 1.29 is 4.79 Å². The van der Waals surface area contributed by atoms with Gasteiger partial charge in [0, 0.05) is 35.3 Å². The van der Waals surface area contributed by atoms with Crippen molar-refractivity contribution in [3.8, 4) is 0 Å². The van der Waals surface area contributed by atoms with Gasteiger partial charge in [-0.25, -0.2) is 0 Å². The van der Waals surface area contributed by atoms with Crippen molar-refractivity contribution in [3.63, 3.8) is 0 Å². The summed E-state index contributed by atoms with van der Waals surface area (Å²) in [7, 11) is 0. The number of aromatic nitrogens is 1. The quantitative estimate of drug-likeness (QED) is 0.831. The summed E-state index contributed by atoms with van der Waals surface area (Å²) in [5.41, 5.74) is 1.69. The monoisotopic (exact) mass is 332 g/mol. The average Bonchev–Trinajstić information content (AvgIpc) is 2.81. The number of hydrogen-bond acceptors (Lipinski definition) is 3. The first-order valence-electron chi connectivity index (χ1n) is 7.32. The number of thioether (sulfide) groups is 1. The Balaban J connectivity index is 1.70. The van der Waals surface area contributed by atoms with Crippen LogP contribution >= 0.6 is 23.4 Å². The summed E-state index contributed by atoms with van der Waals surface area (Å²) in [5.74, 6) is 0.926. The number of benzene rings is 1. The Morgan fingerprint density at radius 3 is 2.77 bits per heavy atom. The Morgan fingerprint density at radius 1 is 1.18 bits per heavy atom. The molecule has 3 rings (SSSR count). The van der Waals surface area contributed by atoms with Crippen LogP contribution in [0.3, 0.4) is 0 Å². The summed E-state index contributed by atoms with van der Waals surface area (Å²) >= 11 is 8.17. The molecular weight excluding hydrogens is 316 g/mol. The van der Waals surface area contributed by atoms with Gasteiger partial charge in [-0.2, -0.15) is 11.8 Å². The van der Waals surface area contributed by atoms with Gasteiger partial charge in [-0.1, -0.05) is 35.9 Å². The van der Waals surface area contributed by atoms with Gasteiger partial charge in [-0.3, -0.25) is 9.78 Å². The van der Waals surface area contributed by atoms with Crippen LogP contribution in [0.5, 0.6) is 0 Å². The second-order valence-electron chi connectivity index (χ2n) is 5.18. The molecule has 0 spiro atoms. The van der Waals surface area contributed by atoms with E-state index in [2.05, 4.69) is 11.1 Å². The summed E-state index contributed by atoms with van der Waals surface area (Å²) in [6, 6.07) is 13.4. The van der Waals surface area contributed by atoms with Gasteiger partial charge >= 0.3 is 0 Å². The molecule has 1 fully saturated rings. The zero-order chi connectivity index (χ0) is 15.4. The van der Waals surface area contributed by atoms with Gasteiger partial charge in [0.1, 0.15) is 5.69 Å². The van der Waals surface area contributed by atoms with E-state index in [0.717, 1.165) is 30.3 Å². The van der Waals surface area contributed by atoms with E-state index < -0.39 is 0 Å². The van der Waals surface area contributed by atoms with Crippen LogP contribution in [0.15, 0.2) is 48.7 Å². The Kier molecular flexibility index (Phi) is 5.01. The first kappa shape index (κ1) is 15.4. The lowest BCUT2D eigenvalue weighted by molar-refractivity contribution is 0.0760. The van der Waals surface area contributed by atoms with Gasteiger partial charge in [-0.05, 0) is 30.2 Å². The van der Waals surface area contributed by atoms with Crippen LogP contribution in [-0.4, -0.2) is 34.6 Å². The third-order valence-electron chi connectivity index (χ3n) is 3.76. The van der Waals surface area contributed by atoms with Crippen molar-refractivity contribution in [2.75, 3.05) is 18.8 Å². The molecular formula is C17H17ClN2OS. The van der Waals surface area contributed by atoms with Gasteiger partial charge in [0.05, 0.1) is 0 Å². The Labute approximate surface area is 139 Å². The van der Waals surface area contributed by atoms with E-state index in [1.165, 1.54) is 5.56 Å². The lowest BCUT2D eigenvalue weighted by Crippen LogP contribution is -2.33. The molecule has 0 bridgehead atoms. The van der Waals surface area contributed by atoms with E-state index in [9.17, 15) is 4.79 Å². The lowest BCUT2D eigenvalue weighted by atomic mass is 10.1. The number of nitrogens with zero attached hydrogens (tertiary/aromatic N) is 2. The smallest absolute Gasteiger partial charge is 0.272 e. The molecule has 2 heterocycles. The van der Waals surface area contributed by atoms with Crippen LogP contribution in [0.4, 0.5) is 0 Å². The van der Waals surface area contributed by atoms with E-state index in [1.807, 2.05) is 47.0 Å². The minimum absolute atomic E-state index is 0.0148. The van der Waals surface area contributed by atoms with Gasteiger partial charge in [0.15, 0.2) is 0 Å². The maximum atomic E-state index is 12.5. The first-order chi connectivity index (χ1) is 10.8. The highest BCUT2D eigenvalue weighted by Gasteiger charge is 2.24. The molecule has 1 aliphatic heterocycles. The standard InChI is InChI=1S/C17H17ClN2OS/c18-14-6-2-1-5-13(14)16-8-10-20(11-12-22-16)17(21)15-7-3-4-9-19-15/h1-7,9,16H,8,10-12H2/t16-/m0/s1. The molecule has 1 aromatic carbocycles. The van der Waals surface area contributed by atoms with Crippen molar-refractivity contribution >= 4 is 29.3 Å². The van der Waals surface area contributed by atoms with Crippen molar-refractivity contribution in [2.45, 2.75) is 11.7 Å². The van der Waals surface area contributed by atoms with E-state index in [0.29, 0.717) is 10.9 Å². The van der Waals surface area contributed by atoms with Crippen LogP contribution < -0.4 is 0 Å². The lowest BCUT2D eigenvalue weighted by Gasteiger charge is -2.20. The zero-order valence-corrected chi connectivity index (χ0v) is 13.7. The molecule has 0 radical (unpaired) electrons. The molecule has 1 aliphatic rings. The van der Waals surface area contributed by atoms with E-state index >= 15 is 0 Å². The average molecular weight is 333 g/mol. The fourth-order valence-electron chi connectivity index (χ4n) is 2.61. The fourth-order valence-corrected chi connectivity index (χ4v) is 4.21. The molecule has 0 unspecified atom stereocenters. The number of carbonyl (C=O) groups excluding carboxylic acids is 1. The molecule has 1 saturated heterocycles. The molecule has 0 saturated carbocycles. The zero-order valence-electron chi connectivity index (χ0n) is 12.1. The largest absolute Gasteiger partial charge is 0.336 e. The van der Waals surface area contributed by atoms with Crippen LogP contribution in [0.2, 0.25) is 5.02 Å². The molecule has 3 nitrogen and oxygen atoms in total. The third kappa shape index (κ3) is 3.45. The summed E-state index contributed by atoms with van der Waals surface area (Å²) in [4.78, 5) is 18.5. The number of hydrogen-bond donors (Lipinski definition) is 0. The predicted molar refractivity (Wildman–Crippen MR) is 91.4 cm³/mol. The van der Waals surface area contributed by atoms with Gasteiger partial charge in [0.25, 0.3) is 5.91 Å². The number of carbonyl (C=O) groups is 1. The molecule has 114 valence electrons. The van der Waals surface area contributed by atoms with E-state index in [1.54, 1.807) is 12.3 Å². The van der Waals surface area contributed by atoms with E-state index in [-0.39, 0.29) is 5.91 Å². The Hall–Kier alpha value is -1.52. The SMILES string of the molecule is O=C(c1ccccn1)N1CCS[C@H](c2ccccc2Cl)CC1. The van der Waals surface area contributed by atoms with Crippen molar-refractivity contribution in [2.24, 2.45) is 0 Å². The van der Waals surface area contributed by atoms with Crippen LogP contribution in [0, 0.1) is 0 Å². The Bertz CT molecular complexity index is 650. The van der Waals surface area contributed by atoms with Gasteiger partial charge in [-0.15, -0.1) is 0 Å². The number of rotatable bonds is 2. The van der Waals surface area contributed by atoms with Gasteiger partial charge in [0.2, 0.25) is 0 Å². The minimum Gasteiger partial charge on any atom is -0.336 e. The highest BCUT2D eigenvalue weighted by molar-refractivity contribution is 7.99. The normalized spacial score (nSPS) is 18.8. The molecule has 5 heteroatoms. The minimum atomic E-state index is 0.0148.